The topological polar surface area (TPSA) is 25.8 Å². The number of benzene rings is 9. The molecule has 59 heavy (non-hydrogen) atoms. The fraction of sp³-hybridized carbons (Fsp3) is 0.0526. The summed E-state index contributed by atoms with van der Waals surface area (Å²) in [6.07, 6.45) is 0. The second-order valence-electron chi connectivity index (χ2n) is 16.1. The van der Waals surface area contributed by atoms with Crippen LogP contribution in [0.5, 0.6) is 0 Å². The Balaban J connectivity index is 1.06. The second kappa shape index (κ2) is 13.9. The molecule has 1 heterocycles. The molecule has 0 fully saturated rings. The molecule has 1 aliphatic rings. The van der Waals surface area contributed by atoms with Crippen LogP contribution in [0.25, 0.3) is 100.0 Å². The smallest absolute Gasteiger partial charge is 0.161 e. The summed E-state index contributed by atoms with van der Waals surface area (Å²) in [4.78, 5) is 10.7. The van der Waals surface area contributed by atoms with Crippen molar-refractivity contribution < 1.29 is 0 Å². The van der Waals surface area contributed by atoms with Gasteiger partial charge in [0, 0.05) is 22.1 Å². The van der Waals surface area contributed by atoms with Crippen LogP contribution in [-0.2, 0) is 5.41 Å². The van der Waals surface area contributed by atoms with Gasteiger partial charge in [-0.2, -0.15) is 0 Å². The van der Waals surface area contributed by atoms with Crippen molar-refractivity contribution in [1.29, 1.82) is 0 Å². The van der Waals surface area contributed by atoms with Crippen molar-refractivity contribution in [3.8, 4) is 78.4 Å². The lowest BCUT2D eigenvalue weighted by atomic mass is 9.81. The highest BCUT2D eigenvalue weighted by molar-refractivity contribution is 6.11. The van der Waals surface area contributed by atoms with Crippen molar-refractivity contribution in [2.45, 2.75) is 19.3 Å². The summed E-state index contributed by atoms with van der Waals surface area (Å²) < 4.78 is 0. The Kier molecular flexibility index (Phi) is 8.20. The van der Waals surface area contributed by atoms with Crippen LogP contribution in [-0.4, -0.2) is 9.97 Å². The lowest BCUT2D eigenvalue weighted by molar-refractivity contribution is 0.661. The summed E-state index contributed by atoms with van der Waals surface area (Å²) in [6, 6.07) is 74.2. The largest absolute Gasteiger partial charge is 0.228 e. The van der Waals surface area contributed by atoms with E-state index in [0.717, 1.165) is 44.6 Å². The summed E-state index contributed by atoms with van der Waals surface area (Å²) in [5.41, 5.74) is 17.4. The van der Waals surface area contributed by atoms with Crippen LogP contribution in [0.4, 0.5) is 0 Å². The predicted molar refractivity (Wildman–Crippen MR) is 247 cm³/mol. The quantitative estimate of drug-likeness (QED) is 0.169. The molecule has 0 saturated carbocycles. The Morgan fingerprint density at radius 3 is 1.59 bits per heavy atom. The van der Waals surface area contributed by atoms with Crippen LogP contribution in [0.3, 0.4) is 0 Å². The van der Waals surface area contributed by atoms with Gasteiger partial charge in [-0.3, -0.25) is 0 Å². The molecule has 0 aliphatic heterocycles. The molecule has 1 aliphatic carbocycles. The van der Waals surface area contributed by atoms with Gasteiger partial charge in [0.2, 0.25) is 0 Å². The highest BCUT2D eigenvalue weighted by atomic mass is 14.9. The Morgan fingerprint density at radius 1 is 0.322 bits per heavy atom. The average molecular weight is 753 g/mol. The molecule has 2 heteroatoms. The first-order valence-corrected chi connectivity index (χ1v) is 20.4. The maximum atomic E-state index is 5.37. The third-order valence-electron chi connectivity index (χ3n) is 12.3. The Bertz CT molecular complexity index is 3220. The van der Waals surface area contributed by atoms with Gasteiger partial charge in [0.25, 0.3) is 0 Å². The zero-order valence-corrected chi connectivity index (χ0v) is 33.0. The van der Waals surface area contributed by atoms with Gasteiger partial charge in [-0.25, -0.2) is 9.97 Å². The van der Waals surface area contributed by atoms with Crippen LogP contribution in [0.15, 0.2) is 206 Å². The number of nitrogens with zero attached hydrogens (tertiary/aromatic N) is 2. The monoisotopic (exact) mass is 752 g/mol. The third-order valence-corrected chi connectivity index (χ3v) is 12.3. The third kappa shape index (κ3) is 5.87. The predicted octanol–water partition coefficient (Wildman–Crippen LogP) is 15.1. The van der Waals surface area contributed by atoms with Gasteiger partial charge < -0.3 is 0 Å². The summed E-state index contributed by atoms with van der Waals surface area (Å²) in [5, 5.41) is 4.88. The van der Waals surface area contributed by atoms with E-state index in [-0.39, 0.29) is 5.41 Å². The van der Waals surface area contributed by atoms with Crippen molar-refractivity contribution in [1.82, 2.24) is 9.97 Å². The first kappa shape index (κ1) is 34.8. The Hall–Kier alpha value is -7.42. The van der Waals surface area contributed by atoms with E-state index in [1.165, 1.54) is 60.7 Å². The van der Waals surface area contributed by atoms with Crippen LogP contribution in [0.2, 0.25) is 0 Å². The zero-order chi connectivity index (χ0) is 39.5. The van der Waals surface area contributed by atoms with Gasteiger partial charge in [-0.1, -0.05) is 202 Å². The number of aromatic nitrogens is 2. The molecule has 11 rings (SSSR count). The van der Waals surface area contributed by atoms with Crippen LogP contribution in [0, 0.1) is 0 Å². The highest BCUT2D eigenvalue weighted by Crippen LogP contribution is 2.55. The van der Waals surface area contributed by atoms with Crippen LogP contribution < -0.4 is 0 Å². The highest BCUT2D eigenvalue weighted by Gasteiger charge is 2.38. The standard InChI is InChI=1S/C57H40N2/c1-57(2)50-26-14-25-48(55(50)54-44-22-10-9-17-40(44)31-34-51(54)57)47-32-33-49(46-24-12-11-23-45(46)47)56-58-52(41-18-7-4-8-19-41)36-53(59-56)43-21-13-20-42(35-43)39-29-27-38(28-30-39)37-15-5-3-6-16-37/h3-36H,1-2H3. The molecule has 0 radical (unpaired) electrons. The number of fused-ring (bicyclic) bond motifs is 6. The molecular weight excluding hydrogens is 713 g/mol. The van der Waals surface area contributed by atoms with E-state index in [4.69, 9.17) is 9.97 Å². The minimum Gasteiger partial charge on any atom is -0.228 e. The van der Waals surface area contributed by atoms with Gasteiger partial charge in [-0.15, -0.1) is 0 Å². The molecule has 0 saturated heterocycles. The van der Waals surface area contributed by atoms with Gasteiger partial charge in [0.05, 0.1) is 11.4 Å². The van der Waals surface area contributed by atoms with E-state index >= 15 is 0 Å². The van der Waals surface area contributed by atoms with Crippen molar-refractivity contribution in [2.24, 2.45) is 0 Å². The first-order chi connectivity index (χ1) is 29.0. The van der Waals surface area contributed by atoms with E-state index in [2.05, 4.69) is 214 Å². The molecule has 1 aromatic heterocycles. The normalized spacial score (nSPS) is 12.7. The molecule has 0 bridgehead atoms. The maximum absolute atomic E-state index is 5.37. The van der Waals surface area contributed by atoms with E-state index in [9.17, 15) is 0 Å². The number of hydrogen-bond donors (Lipinski definition) is 0. The molecule has 0 N–H and O–H groups in total. The summed E-state index contributed by atoms with van der Waals surface area (Å²) in [7, 11) is 0. The van der Waals surface area contributed by atoms with Crippen molar-refractivity contribution >= 4 is 21.5 Å². The van der Waals surface area contributed by atoms with E-state index in [1.54, 1.807) is 0 Å². The van der Waals surface area contributed by atoms with E-state index < -0.39 is 0 Å². The fourth-order valence-corrected chi connectivity index (χ4v) is 9.32. The summed E-state index contributed by atoms with van der Waals surface area (Å²) >= 11 is 0. The first-order valence-electron chi connectivity index (χ1n) is 20.4. The Labute approximate surface area is 345 Å². The van der Waals surface area contributed by atoms with Gasteiger partial charge in [0.1, 0.15) is 0 Å². The van der Waals surface area contributed by atoms with Crippen molar-refractivity contribution in [2.75, 3.05) is 0 Å². The van der Waals surface area contributed by atoms with Gasteiger partial charge in [0.15, 0.2) is 5.82 Å². The second-order valence-corrected chi connectivity index (χ2v) is 16.1. The summed E-state index contributed by atoms with van der Waals surface area (Å²) in [6.45, 7) is 4.73. The minimum atomic E-state index is -0.120. The number of hydrogen-bond acceptors (Lipinski definition) is 2. The van der Waals surface area contributed by atoms with Crippen LogP contribution >= 0.6 is 0 Å². The summed E-state index contributed by atoms with van der Waals surface area (Å²) in [5.74, 6) is 0.706. The molecular formula is C57H40N2. The number of rotatable bonds is 6. The molecule has 10 aromatic rings. The van der Waals surface area contributed by atoms with Gasteiger partial charge >= 0.3 is 0 Å². The maximum Gasteiger partial charge on any atom is 0.161 e. The molecule has 0 amide bonds. The fourth-order valence-electron chi connectivity index (χ4n) is 9.32. The molecule has 9 aromatic carbocycles. The SMILES string of the molecule is CC1(C)c2cccc(-c3ccc(-c4nc(-c5ccccc5)cc(-c5cccc(-c6ccc(-c7ccccc7)cc6)c5)n4)c4ccccc34)c2-c2c1ccc1ccccc21. The molecule has 0 spiro atoms. The Morgan fingerprint density at radius 2 is 0.847 bits per heavy atom. The average Bonchev–Trinajstić information content (AvgIpc) is 3.55. The molecule has 0 unspecified atom stereocenters. The van der Waals surface area contributed by atoms with Crippen molar-refractivity contribution in [3.05, 3.63) is 217 Å². The minimum absolute atomic E-state index is 0.120. The molecule has 278 valence electrons. The van der Waals surface area contributed by atoms with Crippen molar-refractivity contribution in [3.63, 3.8) is 0 Å². The lowest BCUT2D eigenvalue weighted by Gasteiger charge is -2.22. The molecule has 2 nitrogen and oxygen atoms in total. The van der Waals surface area contributed by atoms with E-state index in [1.807, 2.05) is 6.07 Å². The van der Waals surface area contributed by atoms with Crippen LogP contribution in [0.1, 0.15) is 25.0 Å². The lowest BCUT2D eigenvalue weighted by Crippen LogP contribution is -2.14. The zero-order valence-electron chi connectivity index (χ0n) is 33.0. The molecule has 0 atom stereocenters. The van der Waals surface area contributed by atoms with E-state index in [0.29, 0.717) is 5.82 Å². The van der Waals surface area contributed by atoms with Gasteiger partial charge in [-0.05, 0) is 95.4 Å².